The van der Waals surface area contributed by atoms with Crippen molar-refractivity contribution in [2.45, 2.75) is 37.6 Å². The number of carbonyl (C=O) groups excluding carboxylic acids is 1. The van der Waals surface area contributed by atoms with E-state index >= 15 is 0 Å². The molecule has 2 unspecified atom stereocenters. The second-order valence-corrected chi connectivity index (χ2v) is 9.00. The molecule has 1 heterocycles. The molecule has 0 saturated heterocycles. The van der Waals surface area contributed by atoms with Crippen LogP contribution in [-0.4, -0.2) is 46.8 Å². The molecule has 1 amide bonds. The van der Waals surface area contributed by atoms with Gasteiger partial charge in [0.15, 0.2) is 5.69 Å². The summed E-state index contributed by atoms with van der Waals surface area (Å²) in [5.74, 6) is -0.602. The first-order valence-electron chi connectivity index (χ1n) is 6.17. The molecule has 2 atom stereocenters. The highest BCUT2D eigenvalue weighted by atomic mass is 35.7. The normalized spacial score (nSPS) is 15.0. The Bertz CT molecular complexity index is 654. The van der Waals surface area contributed by atoms with E-state index in [0.29, 0.717) is 0 Å². The van der Waals surface area contributed by atoms with Gasteiger partial charge < -0.3 is 5.32 Å². The molecule has 0 saturated carbocycles. The van der Waals surface area contributed by atoms with Crippen molar-refractivity contribution in [3.05, 3.63) is 11.4 Å². The minimum absolute atomic E-state index is 0.192. The molecule has 0 aliphatic carbocycles. The zero-order chi connectivity index (χ0) is 16.4. The van der Waals surface area contributed by atoms with Crippen molar-refractivity contribution in [3.63, 3.8) is 0 Å². The van der Waals surface area contributed by atoms with E-state index in [1.807, 2.05) is 0 Å². The second-order valence-electron chi connectivity index (χ2n) is 5.02. The molecule has 1 aromatic rings. The fourth-order valence-corrected chi connectivity index (χ4v) is 3.99. The van der Waals surface area contributed by atoms with Gasteiger partial charge in [-0.3, -0.25) is 14.1 Å². The average molecular weight is 356 g/mol. The van der Waals surface area contributed by atoms with Crippen LogP contribution in [-0.2, 0) is 19.9 Å². The topological polar surface area (TPSA) is 109 Å². The van der Waals surface area contributed by atoms with Crippen LogP contribution < -0.4 is 5.32 Å². The largest absolute Gasteiger partial charge is 0.347 e. The fourth-order valence-electron chi connectivity index (χ4n) is 1.82. The Kier molecular flexibility index (Phi) is 5.94. The van der Waals surface area contributed by atoms with Gasteiger partial charge in [-0.1, -0.05) is 13.8 Å². The first kappa shape index (κ1) is 18.1. The first-order chi connectivity index (χ1) is 9.54. The molecule has 7 nitrogen and oxygen atoms in total. The lowest BCUT2D eigenvalue weighted by Crippen LogP contribution is -2.36. The maximum Gasteiger partial charge on any atom is 0.273 e. The summed E-state index contributed by atoms with van der Waals surface area (Å²) in [6, 6.07) is -0.381. The molecule has 0 aliphatic heterocycles. The van der Waals surface area contributed by atoms with E-state index < -0.39 is 25.8 Å². The van der Waals surface area contributed by atoms with Gasteiger partial charge in [0, 0.05) is 39.5 Å². The molecule has 1 aromatic heterocycles. The number of aromatic nitrogens is 2. The third-order valence-corrected chi connectivity index (χ3v) is 4.98. The Morgan fingerprint density at radius 3 is 2.43 bits per heavy atom. The molecule has 0 spiro atoms. The van der Waals surface area contributed by atoms with Gasteiger partial charge in [0.1, 0.15) is 4.90 Å². The third-order valence-electron chi connectivity index (χ3n) is 2.65. The number of halogens is 1. The summed E-state index contributed by atoms with van der Waals surface area (Å²) in [6.45, 7) is 5.18. The molecule has 1 rings (SSSR count). The number of hydrogen-bond donors (Lipinski definition) is 2. The number of rotatable bonds is 6. The summed E-state index contributed by atoms with van der Waals surface area (Å²) < 4.78 is 34.5. The second kappa shape index (κ2) is 6.89. The Morgan fingerprint density at radius 2 is 2.00 bits per heavy atom. The quantitative estimate of drug-likeness (QED) is 0.738. The van der Waals surface area contributed by atoms with E-state index in [9.17, 15) is 17.4 Å². The van der Waals surface area contributed by atoms with E-state index in [1.54, 1.807) is 20.8 Å². The van der Waals surface area contributed by atoms with Crippen molar-refractivity contribution in [1.82, 2.24) is 15.5 Å². The summed E-state index contributed by atoms with van der Waals surface area (Å²) in [7, 11) is 0.211. The highest BCUT2D eigenvalue weighted by Crippen LogP contribution is 2.27. The average Bonchev–Trinajstić information content (AvgIpc) is 2.71. The standard InChI is InChI=1S/C11H18ClN3O4S2/c1-6(2)8-10(21(12,18)19)9(15-14-8)11(16)13-7(3)5-20(4)17/h6-7H,5H2,1-4H3,(H,13,16)(H,14,15). The highest BCUT2D eigenvalue weighted by molar-refractivity contribution is 8.13. The molecule has 21 heavy (non-hydrogen) atoms. The number of carbonyl (C=O) groups is 1. The molecular weight excluding hydrogens is 338 g/mol. The zero-order valence-electron chi connectivity index (χ0n) is 12.1. The predicted molar refractivity (Wildman–Crippen MR) is 81.6 cm³/mol. The Morgan fingerprint density at radius 1 is 1.43 bits per heavy atom. The van der Waals surface area contributed by atoms with Crippen LogP contribution in [0.4, 0.5) is 0 Å². The Hall–Kier alpha value is -0.930. The predicted octanol–water partition coefficient (Wildman–Crippen LogP) is 0.957. The summed E-state index contributed by atoms with van der Waals surface area (Å²) in [5, 5.41) is 8.86. The molecule has 0 fully saturated rings. The summed E-state index contributed by atoms with van der Waals surface area (Å²) >= 11 is 0. The van der Waals surface area contributed by atoms with Crippen molar-refractivity contribution < 1.29 is 17.4 Å². The summed E-state index contributed by atoms with van der Waals surface area (Å²) in [6.07, 6.45) is 1.52. The zero-order valence-corrected chi connectivity index (χ0v) is 14.5. The van der Waals surface area contributed by atoms with Crippen LogP contribution in [0.15, 0.2) is 4.90 Å². The lowest BCUT2D eigenvalue weighted by molar-refractivity contribution is 0.0935. The maximum atomic E-state index is 12.1. The fraction of sp³-hybridized carbons (Fsp3) is 0.636. The van der Waals surface area contributed by atoms with Gasteiger partial charge in [-0.15, -0.1) is 0 Å². The minimum atomic E-state index is -4.11. The van der Waals surface area contributed by atoms with E-state index in [1.165, 1.54) is 6.26 Å². The van der Waals surface area contributed by atoms with Gasteiger partial charge in [-0.25, -0.2) is 8.42 Å². The molecule has 120 valence electrons. The molecular formula is C11H18ClN3O4S2. The van der Waals surface area contributed by atoms with Gasteiger partial charge >= 0.3 is 0 Å². The van der Waals surface area contributed by atoms with E-state index in [4.69, 9.17) is 10.7 Å². The van der Waals surface area contributed by atoms with E-state index in [-0.39, 0.29) is 34.0 Å². The van der Waals surface area contributed by atoms with Crippen LogP contribution >= 0.6 is 10.7 Å². The lowest BCUT2D eigenvalue weighted by atomic mass is 10.1. The molecule has 10 heteroatoms. The van der Waals surface area contributed by atoms with Crippen LogP contribution in [0.25, 0.3) is 0 Å². The van der Waals surface area contributed by atoms with Crippen LogP contribution in [0.1, 0.15) is 42.9 Å². The van der Waals surface area contributed by atoms with Crippen molar-refractivity contribution in [3.8, 4) is 0 Å². The minimum Gasteiger partial charge on any atom is -0.347 e. The first-order valence-corrected chi connectivity index (χ1v) is 10.2. The Balaban J connectivity index is 3.14. The van der Waals surface area contributed by atoms with Gasteiger partial charge in [0.2, 0.25) is 0 Å². The number of hydrogen-bond acceptors (Lipinski definition) is 5. The van der Waals surface area contributed by atoms with Gasteiger partial charge in [0.25, 0.3) is 15.0 Å². The molecule has 0 bridgehead atoms. The van der Waals surface area contributed by atoms with Gasteiger partial charge in [0.05, 0.1) is 5.69 Å². The van der Waals surface area contributed by atoms with Gasteiger partial charge in [-0.05, 0) is 12.8 Å². The van der Waals surface area contributed by atoms with Crippen molar-refractivity contribution in [2.24, 2.45) is 0 Å². The van der Waals surface area contributed by atoms with Crippen LogP contribution in [0.2, 0.25) is 0 Å². The highest BCUT2D eigenvalue weighted by Gasteiger charge is 2.30. The number of nitrogens with zero attached hydrogens (tertiary/aromatic N) is 1. The molecule has 0 aromatic carbocycles. The third kappa shape index (κ3) is 4.79. The van der Waals surface area contributed by atoms with E-state index in [0.717, 1.165) is 0 Å². The molecule has 2 N–H and O–H groups in total. The van der Waals surface area contributed by atoms with Crippen LogP contribution in [0.5, 0.6) is 0 Å². The monoisotopic (exact) mass is 355 g/mol. The smallest absolute Gasteiger partial charge is 0.273 e. The Labute approximate surface area is 130 Å². The summed E-state index contributed by atoms with van der Waals surface area (Å²) in [5.41, 5.74) is 0.00399. The van der Waals surface area contributed by atoms with Gasteiger partial charge in [-0.2, -0.15) is 5.10 Å². The summed E-state index contributed by atoms with van der Waals surface area (Å²) in [4.78, 5) is 11.8. The van der Waals surface area contributed by atoms with Crippen LogP contribution in [0, 0.1) is 0 Å². The number of H-pyrrole nitrogens is 1. The van der Waals surface area contributed by atoms with E-state index in [2.05, 4.69) is 15.5 Å². The van der Waals surface area contributed by atoms with Crippen molar-refractivity contribution in [2.75, 3.05) is 12.0 Å². The molecule has 0 radical (unpaired) electrons. The van der Waals surface area contributed by atoms with Crippen molar-refractivity contribution >= 4 is 36.4 Å². The number of amides is 1. The number of nitrogens with one attached hydrogen (secondary N) is 2. The SMILES string of the molecule is CC(CS(C)=O)NC(=O)c1n[nH]c(C(C)C)c1S(=O)(=O)Cl. The van der Waals surface area contributed by atoms with Crippen LogP contribution in [0.3, 0.4) is 0 Å². The molecule has 0 aliphatic rings. The number of aromatic amines is 1. The lowest BCUT2D eigenvalue weighted by Gasteiger charge is -2.11. The maximum absolute atomic E-state index is 12.1. The van der Waals surface area contributed by atoms with Crippen molar-refractivity contribution in [1.29, 1.82) is 0 Å².